The number of nitrogens with zero attached hydrogens (tertiary/aromatic N) is 4. The van der Waals surface area contributed by atoms with E-state index < -0.39 is 6.04 Å². The van der Waals surface area contributed by atoms with Gasteiger partial charge in [0.05, 0.1) is 31.5 Å². The van der Waals surface area contributed by atoms with Crippen LogP contribution in [-0.2, 0) is 14.3 Å². The maximum Gasteiger partial charge on any atom is 0.246 e. The van der Waals surface area contributed by atoms with Crippen LogP contribution in [0, 0.1) is 11.3 Å². The molecule has 2 aliphatic rings. The maximum atomic E-state index is 13.0. The van der Waals surface area contributed by atoms with Gasteiger partial charge in [-0.15, -0.1) is 0 Å². The number of hydrogen-bond acceptors (Lipinski definition) is 6. The first-order chi connectivity index (χ1) is 14.1. The Balaban J connectivity index is 1.50. The van der Waals surface area contributed by atoms with Gasteiger partial charge in [-0.1, -0.05) is 6.07 Å². The third kappa shape index (κ3) is 5.68. The van der Waals surface area contributed by atoms with Crippen LogP contribution in [0.15, 0.2) is 24.3 Å². The molecular formula is C21H28N4O4. The highest BCUT2D eigenvalue weighted by Gasteiger charge is 2.36. The van der Waals surface area contributed by atoms with E-state index >= 15 is 0 Å². The van der Waals surface area contributed by atoms with Crippen molar-refractivity contribution in [1.82, 2.24) is 14.7 Å². The molecule has 2 heterocycles. The first-order valence-electron chi connectivity index (χ1n) is 10.1. The molecule has 1 aromatic carbocycles. The van der Waals surface area contributed by atoms with Crippen molar-refractivity contribution in [2.75, 3.05) is 59.1 Å². The molecule has 2 saturated heterocycles. The van der Waals surface area contributed by atoms with Crippen molar-refractivity contribution < 1.29 is 19.1 Å². The van der Waals surface area contributed by atoms with Gasteiger partial charge in [-0.3, -0.25) is 14.5 Å². The summed E-state index contributed by atoms with van der Waals surface area (Å²) < 4.78 is 11.1. The molecule has 0 N–H and O–H groups in total. The zero-order valence-electron chi connectivity index (χ0n) is 16.9. The van der Waals surface area contributed by atoms with E-state index in [0.29, 0.717) is 57.3 Å². The first kappa shape index (κ1) is 21.1. The van der Waals surface area contributed by atoms with Crippen molar-refractivity contribution in [2.24, 2.45) is 0 Å². The number of carbonyl (C=O) groups is 2. The van der Waals surface area contributed by atoms with E-state index in [2.05, 4.69) is 11.0 Å². The second kappa shape index (κ2) is 10.2. The van der Waals surface area contributed by atoms with Crippen molar-refractivity contribution >= 4 is 11.8 Å². The number of carbonyl (C=O) groups excluding carboxylic acids is 2. The summed E-state index contributed by atoms with van der Waals surface area (Å²) >= 11 is 0. The lowest BCUT2D eigenvalue weighted by atomic mass is 10.1. The monoisotopic (exact) mass is 400 g/mol. The van der Waals surface area contributed by atoms with Crippen LogP contribution in [0.25, 0.3) is 0 Å². The Bertz CT molecular complexity index is 757. The van der Waals surface area contributed by atoms with Crippen molar-refractivity contribution in [1.29, 1.82) is 5.26 Å². The molecule has 2 amide bonds. The highest BCUT2D eigenvalue weighted by molar-refractivity contribution is 5.87. The normalized spacial score (nSPS) is 20.2. The number of ether oxygens (including phenoxy) is 2. The molecule has 0 radical (unpaired) electrons. The van der Waals surface area contributed by atoms with Gasteiger partial charge >= 0.3 is 0 Å². The zero-order chi connectivity index (χ0) is 20.6. The van der Waals surface area contributed by atoms with Crippen molar-refractivity contribution in [2.45, 2.75) is 19.4 Å². The van der Waals surface area contributed by atoms with E-state index in [1.165, 1.54) is 6.92 Å². The van der Waals surface area contributed by atoms with Gasteiger partial charge in [0, 0.05) is 46.2 Å². The second-order valence-corrected chi connectivity index (χ2v) is 7.31. The molecule has 1 unspecified atom stereocenters. The van der Waals surface area contributed by atoms with Crippen molar-refractivity contribution in [3.8, 4) is 11.8 Å². The molecule has 1 atom stereocenters. The van der Waals surface area contributed by atoms with E-state index in [-0.39, 0.29) is 11.8 Å². The Morgan fingerprint density at radius 3 is 2.76 bits per heavy atom. The summed E-state index contributed by atoms with van der Waals surface area (Å²) in [6, 6.07) is 8.77. The Labute approximate surface area is 171 Å². The third-order valence-corrected chi connectivity index (χ3v) is 5.33. The largest absolute Gasteiger partial charge is 0.494 e. The molecule has 8 nitrogen and oxygen atoms in total. The number of hydrogen-bond donors (Lipinski definition) is 0. The van der Waals surface area contributed by atoms with Crippen LogP contribution in [0.5, 0.6) is 5.75 Å². The lowest BCUT2D eigenvalue weighted by Crippen LogP contribution is -2.61. The van der Waals surface area contributed by atoms with Gasteiger partial charge in [-0.05, 0) is 24.6 Å². The van der Waals surface area contributed by atoms with Gasteiger partial charge in [-0.25, -0.2) is 0 Å². The van der Waals surface area contributed by atoms with Crippen LogP contribution >= 0.6 is 0 Å². The SMILES string of the molecule is CC(=O)N1CCN(CCCOc2cccc(C#N)c2)CC1C(=O)N1CCOCC1. The molecule has 8 heteroatoms. The van der Waals surface area contributed by atoms with E-state index in [9.17, 15) is 9.59 Å². The van der Waals surface area contributed by atoms with E-state index in [0.717, 1.165) is 19.5 Å². The predicted molar refractivity (Wildman–Crippen MR) is 106 cm³/mol. The summed E-state index contributed by atoms with van der Waals surface area (Å²) in [7, 11) is 0. The number of nitriles is 1. The number of morpholine rings is 1. The molecule has 29 heavy (non-hydrogen) atoms. The van der Waals surface area contributed by atoms with E-state index in [4.69, 9.17) is 14.7 Å². The molecule has 0 spiro atoms. The minimum atomic E-state index is -0.437. The van der Waals surface area contributed by atoms with Gasteiger partial charge in [0.25, 0.3) is 0 Å². The standard InChI is InChI=1S/C21H28N4O4/c1-17(26)25-8-7-23(16-20(25)21(27)24-9-12-28-13-10-24)6-3-11-29-19-5-2-4-18(14-19)15-22/h2,4-5,14,20H,3,6-13,16H2,1H3. The average Bonchev–Trinajstić information content (AvgIpc) is 2.76. The summed E-state index contributed by atoms with van der Waals surface area (Å²) in [6.45, 7) is 6.95. The Morgan fingerprint density at radius 2 is 2.03 bits per heavy atom. The summed E-state index contributed by atoms with van der Waals surface area (Å²) in [6.07, 6.45) is 0.801. The van der Waals surface area contributed by atoms with Crippen LogP contribution in [0.4, 0.5) is 0 Å². The van der Waals surface area contributed by atoms with Gasteiger partial charge in [0.2, 0.25) is 11.8 Å². The molecule has 0 bridgehead atoms. The smallest absolute Gasteiger partial charge is 0.246 e. The minimum Gasteiger partial charge on any atom is -0.494 e. The van der Waals surface area contributed by atoms with Crippen molar-refractivity contribution in [3.63, 3.8) is 0 Å². The third-order valence-electron chi connectivity index (χ3n) is 5.33. The molecule has 0 aromatic heterocycles. The molecule has 2 fully saturated rings. The molecular weight excluding hydrogens is 372 g/mol. The molecule has 3 rings (SSSR count). The van der Waals surface area contributed by atoms with Gasteiger partial charge < -0.3 is 19.3 Å². The Hall–Kier alpha value is -2.63. The van der Waals surface area contributed by atoms with E-state index in [1.54, 1.807) is 28.0 Å². The molecule has 156 valence electrons. The van der Waals surface area contributed by atoms with Crippen LogP contribution < -0.4 is 4.74 Å². The number of amides is 2. The van der Waals surface area contributed by atoms with Gasteiger partial charge in [-0.2, -0.15) is 5.26 Å². The predicted octanol–water partition coefficient (Wildman–Crippen LogP) is 0.719. The second-order valence-electron chi connectivity index (χ2n) is 7.31. The van der Waals surface area contributed by atoms with Gasteiger partial charge in [0.1, 0.15) is 11.8 Å². The fraction of sp³-hybridized carbons (Fsp3) is 0.571. The summed E-state index contributed by atoms with van der Waals surface area (Å²) in [4.78, 5) is 30.7. The lowest BCUT2D eigenvalue weighted by Gasteiger charge is -2.42. The summed E-state index contributed by atoms with van der Waals surface area (Å²) in [5.41, 5.74) is 0.576. The van der Waals surface area contributed by atoms with Gasteiger partial charge in [0.15, 0.2) is 0 Å². The molecule has 0 saturated carbocycles. The maximum absolute atomic E-state index is 13.0. The Morgan fingerprint density at radius 1 is 1.24 bits per heavy atom. The Kier molecular flexibility index (Phi) is 7.44. The lowest BCUT2D eigenvalue weighted by molar-refractivity contribution is -0.151. The highest BCUT2D eigenvalue weighted by atomic mass is 16.5. The first-order valence-corrected chi connectivity index (χ1v) is 10.1. The number of benzene rings is 1. The van der Waals surface area contributed by atoms with Crippen molar-refractivity contribution in [3.05, 3.63) is 29.8 Å². The molecule has 1 aromatic rings. The zero-order valence-corrected chi connectivity index (χ0v) is 16.9. The fourth-order valence-corrected chi connectivity index (χ4v) is 3.76. The molecule has 2 aliphatic heterocycles. The molecule has 0 aliphatic carbocycles. The fourth-order valence-electron chi connectivity index (χ4n) is 3.76. The number of rotatable bonds is 6. The van der Waals surface area contributed by atoms with Crippen LogP contribution in [-0.4, -0.2) is 91.6 Å². The van der Waals surface area contributed by atoms with Crippen LogP contribution in [0.1, 0.15) is 18.9 Å². The number of piperazine rings is 1. The summed E-state index contributed by atoms with van der Waals surface area (Å²) in [5.74, 6) is 0.639. The van der Waals surface area contributed by atoms with Crippen LogP contribution in [0.3, 0.4) is 0 Å². The topological polar surface area (TPSA) is 86.1 Å². The minimum absolute atomic E-state index is 0.0118. The van der Waals surface area contributed by atoms with E-state index in [1.807, 2.05) is 6.07 Å². The van der Waals surface area contributed by atoms with Crippen LogP contribution in [0.2, 0.25) is 0 Å². The summed E-state index contributed by atoms with van der Waals surface area (Å²) in [5, 5.41) is 8.95. The average molecular weight is 400 g/mol. The highest BCUT2D eigenvalue weighted by Crippen LogP contribution is 2.16. The quantitative estimate of drug-likeness (QED) is 0.654.